The number of benzene rings is 2. The van der Waals surface area contributed by atoms with Gasteiger partial charge in [-0.1, -0.05) is 11.6 Å². The Balaban J connectivity index is 2.21. The number of anilines is 1. The van der Waals surface area contributed by atoms with Crippen molar-refractivity contribution >= 4 is 44.2 Å². The van der Waals surface area contributed by atoms with Gasteiger partial charge < -0.3 is 14.4 Å². The molecule has 0 aliphatic carbocycles. The maximum Gasteiger partial charge on any atom is 0.307 e. The number of sulfonamides is 1. The van der Waals surface area contributed by atoms with Crippen molar-refractivity contribution in [2.24, 2.45) is 0 Å². The van der Waals surface area contributed by atoms with E-state index in [0.717, 1.165) is 27.7 Å². The van der Waals surface area contributed by atoms with E-state index >= 15 is 0 Å². The molecule has 0 bridgehead atoms. The van der Waals surface area contributed by atoms with Crippen LogP contribution in [-0.4, -0.2) is 42.5 Å². The second kappa shape index (κ2) is 8.45. The Morgan fingerprint density at radius 3 is 2.46 bits per heavy atom. The van der Waals surface area contributed by atoms with Gasteiger partial charge >= 0.3 is 5.97 Å². The second-order valence-electron chi connectivity index (χ2n) is 10.3. The van der Waals surface area contributed by atoms with Gasteiger partial charge in [-0.15, -0.1) is 0 Å². The third-order valence-corrected chi connectivity index (χ3v) is 7.68. The van der Waals surface area contributed by atoms with Gasteiger partial charge in [0.1, 0.15) is 11.4 Å². The molecule has 1 N–H and O–H groups in total. The summed E-state index contributed by atoms with van der Waals surface area (Å²) in [6.45, 7) is 11.9. The molecule has 1 unspecified atom stereocenters. The molecule has 7 nitrogen and oxygen atoms in total. The number of ether oxygens (including phenoxy) is 1. The van der Waals surface area contributed by atoms with Gasteiger partial charge in [0.05, 0.1) is 30.4 Å². The molecule has 3 aromatic rings. The minimum Gasteiger partial charge on any atom is -0.487 e. The molecule has 0 saturated heterocycles. The molecule has 1 aliphatic heterocycles. The fourth-order valence-electron chi connectivity index (χ4n) is 5.14. The summed E-state index contributed by atoms with van der Waals surface area (Å²) in [6, 6.07) is 7.26. The van der Waals surface area contributed by atoms with Crippen molar-refractivity contribution in [1.82, 2.24) is 4.57 Å². The van der Waals surface area contributed by atoms with Gasteiger partial charge in [-0.2, -0.15) is 0 Å². The van der Waals surface area contributed by atoms with Gasteiger partial charge in [-0.3, -0.25) is 9.10 Å². The smallest absolute Gasteiger partial charge is 0.307 e. The monoisotopic (exact) mass is 518 g/mol. The van der Waals surface area contributed by atoms with E-state index in [0.29, 0.717) is 27.6 Å². The summed E-state index contributed by atoms with van der Waals surface area (Å²) >= 11 is 6.33. The summed E-state index contributed by atoms with van der Waals surface area (Å²) in [4.78, 5) is 12.0. The first kappa shape index (κ1) is 25.4. The summed E-state index contributed by atoms with van der Waals surface area (Å²) in [5.41, 5.74) is 4.41. The zero-order chi connectivity index (χ0) is 26.0. The molecule has 35 heavy (non-hydrogen) atoms. The lowest BCUT2D eigenvalue weighted by molar-refractivity contribution is -0.136. The van der Waals surface area contributed by atoms with E-state index in [2.05, 4.69) is 4.57 Å². The molecular weight excluding hydrogens is 488 g/mol. The quantitative estimate of drug-likeness (QED) is 0.466. The van der Waals surface area contributed by atoms with Crippen molar-refractivity contribution in [2.45, 2.75) is 59.6 Å². The number of nitrogens with zero attached hydrogens (tertiary/aromatic N) is 2. The molecule has 2 heterocycles. The third-order valence-electron chi connectivity index (χ3n) is 6.31. The fraction of sp³-hybridized carbons (Fsp3) is 0.423. The van der Waals surface area contributed by atoms with Gasteiger partial charge in [-0.05, 0) is 82.5 Å². The topological polar surface area (TPSA) is 88.8 Å². The summed E-state index contributed by atoms with van der Waals surface area (Å²) < 4.78 is 35.5. The van der Waals surface area contributed by atoms with Crippen molar-refractivity contribution in [1.29, 1.82) is 0 Å². The van der Waals surface area contributed by atoms with Crippen LogP contribution in [-0.2, 0) is 21.2 Å². The summed E-state index contributed by atoms with van der Waals surface area (Å²) in [7, 11) is -3.59. The van der Waals surface area contributed by atoms with Crippen LogP contribution in [0.2, 0.25) is 5.02 Å². The highest BCUT2D eigenvalue weighted by Crippen LogP contribution is 2.49. The van der Waals surface area contributed by atoms with Crippen LogP contribution in [0, 0.1) is 13.8 Å². The molecule has 9 heteroatoms. The molecule has 0 amide bonds. The maximum absolute atomic E-state index is 12.8. The maximum atomic E-state index is 12.8. The molecule has 188 valence electrons. The molecule has 4 rings (SSSR count). The van der Waals surface area contributed by atoms with E-state index in [1.165, 1.54) is 10.6 Å². The molecule has 0 radical (unpaired) electrons. The first-order valence-corrected chi connectivity index (χ1v) is 13.7. The summed E-state index contributed by atoms with van der Waals surface area (Å²) in [6.07, 6.45) is 0.925. The number of aliphatic carboxylic acids is 1. The zero-order valence-corrected chi connectivity index (χ0v) is 22.6. The Bertz CT molecular complexity index is 1470. The van der Waals surface area contributed by atoms with E-state index in [1.54, 1.807) is 19.1 Å². The summed E-state index contributed by atoms with van der Waals surface area (Å²) in [5, 5.41) is 11.1. The summed E-state index contributed by atoms with van der Waals surface area (Å²) in [5.74, 6) is -0.458. The SMILES string of the molecule is Cc1c(CC(=O)O)c(-c2ccc(Cl)cc2OC(C)(C)C)c2cc(C)n3c2c1N(S(C)(=O)=O)CC3C. The second-order valence-corrected chi connectivity index (χ2v) is 12.7. The molecule has 1 aliphatic rings. The highest BCUT2D eigenvalue weighted by atomic mass is 35.5. The lowest BCUT2D eigenvalue weighted by Crippen LogP contribution is -2.39. The Hall–Kier alpha value is -2.71. The predicted molar refractivity (Wildman–Crippen MR) is 140 cm³/mol. The van der Waals surface area contributed by atoms with Crippen molar-refractivity contribution in [3.63, 3.8) is 0 Å². The van der Waals surface area contributed by atoms with Crippen LogP contribution in [0.1, 0.15) is 50.6 Å². The predicted octanol–water partition coefficient (Wildman–Crippen LogP) is 5.72. The number of aryl methyl sites for hydroxylation is 1. The highest BCUT2D eigenvalue weighted by Gasteiger charge is 2.35. The highest BCUT2D eigenvalue weighted by molar-refractivity contribution is 7.92. The van der Waals surface area contributed by atoms with Crippen LogP contribution in [0.15, 0.2) is 24.3 Å². The molecule has 1 aromatic heterocycles. The number of carboxylic acids is 1. The van der Waals surface area contributed by atoms with E-state index in [4.69, 9.17) is 16.3 Å². The zero-order valence-electron chi connectivity index (χ0n) is 21.1. The molecule has 1 atom stereocenters. The Morgan fingerprint density at radius 1 is 1.23 bits per heavy atom. The van der Waals surface area contributed by atoms with Gasteiger partial charge in [0, 0.05) is 27.7 Å². The number of hydrogen-bond donors (Lipinski definition) is 1. The normalized spacial score (nSPS) is 16.1. The van der Waals surface area contributed by atoms with Crippen LogP contribution in [0.3, 0.4) is 0 Å². The average molecular weight is 519 g/mol. The average Bonchev–Trinajstić information content (AvgIpc) is 3.03. The number of halogens is 1. The fourth-order valence-corrected chi connectivity index (χ4v) is 6.34. The number of hydrogen-bond acceptors (Lipinski definition) is 4. The molecule has 0 spiro atoms. The van der Waals surface area contributed by atoms with Gasteiger partial charge in [-0.25, -0.2) is 8.42 Å². The van der Waals surface area contributed by atoms with Crippen LogP contribution < -0.4 is 9.04 Å². The standard InChI is InChI=1S/C26H31ClN2O5S/c1-14-10-20-23(18-9-8-17(27)11-21(18)34-26(4,5)6)19(12-22(30)31)16(3)24-25(20)29(14)15(2)13-28(24)35(7,32)33/h8-11,15H,12-13H2,1-7H3,(H,30,31). The van der Waals surface area contributed by atoms with Crippen molar-refractivity contribution in [3.8, 4) is 16.9 Å². The first-order chi connectivity index (χ1) is 16.1. The first-order valence-electron chi connectivity index (χ1n) is 11.5. The van der Waals surface area contributed by atoms with Crippen LogP contribution >= 0.6 is 11.6 Å². The molecule has 0 saturated carbocycles. The molecule has 0 fully saturated rings. The van der Waals surface area contributed by atoms with Crippen molar-refractivity contribution in [3.05, 3.63) is 46.1 Å². The number of carbonyl (C=O) groups is 1. The lowest BCUT2D eigenvalue weighted by atomic mass is 9.88. The van der Waals surface area contributed by atoms with Crippen molar-refractivity contribution in [2.75, 3.05) is 17.1 Å². The number of rotatable bonds is 5. The van der Waals surface area contributed by atoms with Crippen molar-refractivity contribution < 1.29 is 23.1 Å². The largest absolute Gasteiger partial charge is 0.487 e. The van der Waals surface area contributed by atoms with Gasteiger partial charge in [0.15, 0.2) is 0 Å². The van der Waals surface area contributed by atoms with E-state index < -0.39 is 21.6 Å². The van der Waals surface area contributed by atoms with Gasteiger partial charge in [0.25, 0.3) is 0 Å². The third kappa shape index (κ3) is 4.49. The Morgan fingerprint density at radius 2 is 1.89 bits per heavy atom. The van der Waals surface area contributed by atoms with Gasteiger partial charge in [0.2, 0.25) is 10.0 Å². The molecule has 2 aromatic carbocycles. The lowest BCUT2D eigenvalue weighted by Gasteiger charge is -2.36. The van der Waals surface area contributed by atoms with E-state index in [-0.39, 0.29) is 19.0 Å². The Kier molecular flexibility index (Phi) is 6.13. The van der Waals surface area contributed by atoms with Crippen LogP contribution in [0.25, 0.3) is 22.0 Å². The van der Waals surface area contributed by atoms with E-state index in [1.807, 2.05) is 46.8 Å². The van der Waals surface area contributed by atoms with Crippen LogP contribution in [0.5, 0.6) is 5.75 Å². The van der Waals surface area contributed by atoms with Crippen LogP contribution in [0.4, 0.5) is 5.69 Å². The minimum absolute atomic E-state index is 0.0946. The Labute approximate surface area is 211 Å². The number of carboxylic acid groups (broad SMARTS) is 1. The van der Waals surface area contributed by atoms with E-state index in [9.17, 15) is 18.3 Å². The molecular formula is C26H31ClN2O5S. The minimum atomic E-state index is -3.59. The number of aromatic nitrogens is 1.